The number of esters is 1. The first-order chi connectivity index (χ1) is 13.0. The number of aromatic nitrogens is 1. The molecule has 1 N–H and O–H groups in total. The maximum absolute atomic E-state index is 12.2. The SMILES string of the molecule is Cc1ccc2cc(N3CC(=O)OC(CNC(=O)c4ccc(Cl)s4)C3)sc2n1. The predicted octanol–water partition coefficient (Wildman–Crippen LogP) is 3.48. The summed E-state index contributed by atoms with van der Waals surface area (Å²) in [5.41, 5.74) is 0.961. The fraction of sp³-hybridized carbons (Fsp3) is 0.278. The Morgan fingerprint density at radius 3 is 3.00 bits per heavy atom. The Kier molecular flexibility index (Phi) is 5.03. The second kappa shape index (κ2) is 7.46. The Balaban J connectivity index is 1.44. The van der Waals surface area contributed by atoms with Crippen molar-refractivity contribution in [2.75, 3.05) is 24.5 Å². The molecule has 0 bridgehead atoms. The van der Waals surface area contributed by atoms with Gasteiger partial charge in [0.15, 0.2) is 0 Å². The van der Waals surface area contributed by atoms with E-state index < -0.39 is 6.10 Å². The molecule has 0 aromatic carbocycles. The highest BCUT2D eigenvalue weighted by atomic mass is 35.5. The number of cyclic esters (lactones) is 1. The summed E-state index contributed by atoms with van der Waals surface area (Å²) < 4.78 is 5.95. The second-order valence-corrected chi connectivity index (χ2v) is 8.96. The molecule has 0 spiro atoms. The molecule has 3 aromatic heterocycles. The molecule has 1 fully saturated rings. The van der Waals surface area contributed by atoms with Crippen LogP contribution in [0.3, 0.4) is 0 Å². The van der Waals surface area contributed by atoms with Crippen molar-refractivity contribution in [1.82, 2.24) is 10.3 Å². The van der Waals surface area contributed by atoms with Crippen LogP contribution in [0, 0.1) is 6.92 Å². The lowest BCUT2D eigenvalue weighted by atomic mass is 10.2. The summed E-state index contributed by atoms with van der Waals surface area (Å²) >= 11 is 8.63. The number of aryl methyl sites for hydroxylation is 1. The van der Waals surface area contributed by atoms with Crippen LogP contribution < -0.4 is 10.2 Å². The third kappa shape index (κ3) is 4.07. The van der Waals surface area contributed by atoms with E-state index in [1.54, 1.807) is 23.5 Å². The van der Waals surface area contributed by atoms with E-state index >= 15 is 0 Å². The summed E-state index contributed by atoms with van der Waals surface area (Å²) in [6.45, 7) is 2.91. The normalized spacial score (nSPS) is 17.2. The van der Waals surface area contributed by atoms with E-state index in [2.05, 4.69) is 10.3 Å². The number of carbonyl (C=O) groups excluding carboxylic acids is 2. The number of hydrogen-bond donors (Lipinski definition) is 1. The highest BCUT2D eigenvalue weighted by Gasteiger charge is 2.28. The summed E-state index contributed by atoms with van der Waals surface area (Å²) in [5.74, 6) is -0.525. The number of fused-ring (bicyclic) bond motifs is 1. The lowest BCUT2D eigenvalue weighted by Gasteiger charge is -2.32. The number of anilines is 1. The highest BCUT2D eigenvalue weighted by molar-refractivity contribution is 7.22. The number of nitrogens with one attached hydrogen (secondary N) is 1. The lowest BCUT2D eigenvalue weighted by molar-refractivity contribution is -0.149. The number of halogens is 1. The van der Waals surface area contributed by atoms with Crippen LogP contribution in [0.25, 0.3) is 10.2 Å². The zero-order chi connectivity index (χ0) is 19.0. The van der Waals surface area contributed by atoms with E-state index in [0.717, 1.165) is 20.9 Å². The molecule has 1 aliphatic rings. The van der Waals surface area contributed by atoms with E-state index in [0.29, 0.717) is 15.8 Å². The summed E-state index contributed by atoms with van der Waals surface area (Å²) in [5, 5.41) is 4.84. The Hall–Kier alpha value is -2.16. The van der Waals surface area contributed by atoms with Crippen molar-refractivity contribution in [2.24, 2.45) is 0 Å². The van der Waals surface area contributed by atoms with Crippen molar-refractivity contribution >= 4 is 61.4 Å². The number of rotatable bonds is 4. The van der Waals surface area contributed by atoms with Gasteiger partial charge in [-0.15, -0.1) is 11.3 Å². The maximum atomic E-state index is 12.2. The molecule has 0 aliphatic carbocycles. The molecule has 3 aromatic rings. The molecule has 1 unspecified atom stereocenters. The largest absolute Gasteiger partial charge is 0.457 e. The summed E-state index contributed by atoms with van der Waals surface area (Å²) in [6.07, 6.45) is -0.412. The first-order valence-electron chi connectivity index (χ1n) is 8.33. The van der Waals surface area contributed by atoms with Crippen molar-refractivity contribution in [3.8, 4) is 0 Å². The van der Waals surface area contributed by atoms with Crippen LogP contribution in [0.5, 0.6) is 0 Å². The topological polar surface area (TPSA) is 71.5 Å². The van der Waals surface area contributed by atoms with Crippen LogP contribution in [-0.2, 0) is 9.53 Å². The van der Waals surface area contributed by atoms with Crippen LogP contribution in [0.15, 0.2) is 30.3 Å². The zero-order valence-electron chi connectivity index (χ0n) is 14.4. The molecule has 6 nitrogen and oxygen atoms in total. The van der Waals surface area contributed by atoms with Gasteiger partial charge in [-0.3, -0.25) is 9.59 Å². The highest BCUT2D eigenvalue weighted by Crippen LogP contribution is 2.32. The van der Waals surface area contributed by atoms with Crippen LogP contribution in [-0.4, -0.2) is 42.6 Å². The third-order valence-electron chi connectivity index (χ3n) is 4.15. The molecular weight excluding hydrogens is 406 g/mol. The zero-order valence-corrected chi connectivity index (χ0v) is 16.8. The number of nitrogens with zero attached hydrogens (tertiary/aromatic N) is 2. The Labute approximate surface area is 168 Å². The maximum Gasteiger partial charge on any atom is 0.325 e. The van der Waals surface area contributed by atoms with E-state index in [1.807, 2.05) is 30.0 Å². The molecule has 1 amide bonds. The molecule has 27 heavy (non-hydrogen) atoms. The minimum atomic E-state index is -0.412. The molecule has 9 heteroatoms. The predicted molar refractivity (Wildman–Crippen MR) is 108 cm³/mol. The molecule has 0 radical (unpaired) electrons. The fourth-order valence-electron chi connectivity index (χ4n) is 2.88. The van der Waals surface area contributed by atoms with Gasteiger partial charge in [0.2, 0.25) is 0 Å². The van der Waals surface area contributed by atoms with Crippen molar-refractivity contribution < 1.29 is 14.3 Å². The van der Waals surface area contributed by atoms with Gasteiger partial charge < -0.3 is 15.0 Å². The van der Waals surface area contributed by atoms with E-state index in [4.69, 9.17) is 16.3 Å². The molecule has 1 atom stereocenters. The first-order valence-corrected chi connectivity index (χ1v) is 10.3. The van der Waals surface area contributed by atoms with Gasteiger partial charge in [-0.2, -0.15) is 0 Å². The molecule has 140 valence electrons. The monoisotopic (exact) mass is 421 g/mol. The molecule has 4 heterocycles. The average molecular weight is 422 g/mol. The summed E-state index contributed by atoms with van der Waals surface area (Å²) in [6, 6.07) is 9.39. The number of morpholine rings is 1. The smallest absolute Gasteiger partial charge is 0.325 e. The molecule has 1 aliphatic heterocycles. The van der Waals surface area contributed by atoms with Crippen molar-refractivity contribution in [1.29, 1.82) is 0 Å². The fourth-order valence-corrected chi connectivity index (χ4v) is 4.93. The van der Waals surface area contributed by atoms with Crippen molar-refractivity contribution in [2.45, 2.75) is 13.0 Å². The van der Waals surface area contributed by atoms with Gasteiger partial charge in [-0.1, -0.05) is 29.0 Å². The summed E-state index contributed by atoms with van der Waals surface area (Å²) in [4.78, 5) is 32.2. The van der Waals surface area contributed by atoms with E-state index in [1.165, 1.54) is 11.3 Å². The quantitative estimate of drug-likeness (QED) is 0.653. The number of thiophene rings is 2. The Morgan fingerprint density at radius 1 is 1.37 bits per heavy atom. The second-order valence-electron chi connectivity index (χ2n) is 6.24. The molecular formula is C18H16ClN3O3S2. The first kappa shape index (κ1) is 18.2. The third-order valence-corrected chi connectivity index (χ3v) is 6.49. The Morgan fingerprint density at radius 2 is 2.22 bits per heavy atom. The molecule has 1 saturated heterocycles. The molecule has 0 saturated carbocycles. The molecule has 4 rings (SSSR count). The van der Waals surface area contributed by atoms with Crippen LogP contribution in [0.1, 0.15) is 15.4 Å². The van der Waals surface area contributed by atoms with Gasteiger partial charge in [0.1, 0.15) is 17.5 Å². The number of pyridine rings is 1. The van der Waals surface area contributed by atoms with Crippen LogP contribution in [0.2, 0.25) is 4.34 Å². The van der Waals surface area contributed by atoms with Crippen LogP contribution in [0.4, 0.5) is 5.00 Å². The number of hydrogen-bond acceptors (Lipinski definition) is 7. The van der Waals surface area contributed by atoms with Gasteiger partial charge in [0.25, 0.3) is 5.91 Å². The summed E-state index contributed by atoms with van der Waals surface area (Å²) in [7, 11) is 0. The standard InChI is InChI=1S/C18H16ClN3O3S2/c1-10-2-3-11-6-15(27-18(11)21-10)22-8-12(25-16(23)9-22)7-20-17(24)13-4-5-14(19)26-13/h2-6,12H,7-9H2,1H3,(H,20,24). The minimum absolute atomic E-state index is 0.191. The minimum Gasteiger partial charge on any atom is -0.457 e. The van der Waals surface area contributed by atoms with Gasteiger partial charge in [-0.25, -0.2) is 4.98 Å². The lowest BCUT2D eigenvalue weighted by Crippen LogP contribution is -2.49. The van der Waals surface area contributed by atoms with Crippen molar-refractivity contribution in [3.05, 3.63) is 45.2 Å². The van der Waals surface area contributed by atoms with E-state index in [-0.39, 0.29) is 25.0 Å². The van der Waals surface area contributed by atoms with Crippen LogP contribution >= 0.6 is 34.3 Å². The average Bonchev–Trinajstić information content (AvgIpc) is 3.25. The number of carbonyl (C=O) groups is 2. The van der Waals surface area contributed by atoms with E-state index in [9.17, 15) is 9.59 Å². The number of amides is 1. The van der Waals surface area contributed by atoms with Gasteiger partial charge in [-0.05, 0) is 31.2 Å². The number of ether oxygens (including phenoxy) is 1. The Bertz CT molecular complexity index is 1020. The van der Waals surface area contributed by atoms with Crippen molar-refractivity contribution in [3.63, 3.8) is 0 Å². The van der Waals surface area contributed by atoms with Gasteiger partial charge in [0, 0.05) is 11.1 Å². The van der Waals surface area contributed by atoms with Gasteiger partial charge >= 0.3 is 5.97 Å². The van der Waals surface area contributed by atoms with Gasteiger partial charge in [0.05, 0.1) is 27.3 Å².